The van der Waals surface area contributed by atoms with Gasteiger partial charge in [0.25, 0.3) is 0 Å². The lowest BCUT2D eigenvalue weighted by atomic mass is 9.98. The first kappa shape index (κ1) is 19.5. The smallest absolute Gasteiger partial charge is 0.407 e. The number of hydrogen-bond acceptors (Lipinski definition) is 4. The number of alkyl carbamates (subject to hydrolysis) is 1. The Labute approximate surface area is 169 Å². The van der Waals surface area contributed by atoms with Gasteiger partial charge in [0.05, 0.1) is 12.2 Å². The minimum Gasteiger partial charge on any atom is -0.480 e. The van der Waals surface area contributed by atoms with Crippen molar-refractivity contribution >= 4 is 12.1 Å². The summed E-state index contributed by atoms with van der Waals surface area (Å²) in [5, 5.41) is 12.0. The zero-order chi connectivity index (χ0) is 20.4. The standard InChI is InChI=1S/C23H25NO5/c1-14-10-11-15(29-14)12-21(22(25)26)24-23(27)28-13-20-18-8-4-2-6-16(18)17-7-3-5-9-19(17)20/h2-9,14-15,20-21H,10-13H2,1H3,(H,24,27)(H,25,26). The van der Waals surface area contributed by atoms with Crippen molar-refractivity contribution in [1.82, 2.24) is 5.32 Å². The fourth-order valence-electron chi connectivity index (χ4n) is 4.33. The summed E-state index contributed by atoms with van der Waals surface area (Å²) in [6.07, 6.45) is 1.21. The summed E-state index contributed by atoms with van der Waals surface area (Å²) < 4.78 is 11.1. The van der Waals surface area contributed by atoms with Gasteiger partial charge in [0.2, 0.25) is 0 Å². The maximum Gasteiger partial charge on any atom is 0.407 e. The van der Waals surface area contributed by atoms with E-state index < -0.39 is 18.1 Å². The molecule has 2 aromatic carbocycles. The summed E-state index contributed by atoms with van der Waals surface area (Å²) in [4.78, 5) is 23.9. The largest absolute Gasteiger partial charge is 0.480 e. The van der Waals surface area contributed by atoms with Crippen molar-refractivity contribution < 1.29 is 24.2 Å². The average molecular weight is 395 g/mol. The van der Waals surface area contributed by atoms with Crippen LogP contribution in [0.25, 0.3) is 11.1 Å². The highest BCUT2D eigenvalue weighted by Crippen LogP contribution is 2.44. The van der Waals surface area contributed by atoms with E-state index >= 15 is 0 Å². The van der Waals surface area contributed by atoms with E-state index in [1.165, 1.54) is 0 Å². The van der Waals surface area contributed by atoms with Crippen LogP contribution in [0.3, 0.4) is 0 Å². The van der Waals surface area contributed by atoms with Gasteiger partial charge in [0.1, 0.15) is 12.6 Å². The lowest BCUT2D eigenvalue weighted by Gasteiger charge is -2.19. The van der Waals surface area contributed by atoms with Gasteiger partial charge in [-0.15, -0.1) is 0 Å². The highest BCUT2D eigenvalue weighted by atomic mass is 16.5. The number of hydrogen-bond donors (Lipinski definition) is 2. The van der Waals surface area contributed by atoms with Crippen molar-refractivity contribution in [3.63, 3.8) is 0 Å². The van der Waals surface area contributed by atoms with E-state index in [4.69, 9.17) is 9.47 Å². The molecular formula is C23H25NO5. The van der Waals surface area contributed by atoms with Gasteiger partial charge >= 0.3 is 12.1 Å². The topological polar surface area (TPSA) is 84.9 Å². The quantitative estimate of drug-likeness (QED) is 0.774. The number of rotatable bonds is 6. The number of ether oxygens (including phenoxy) is 2. The van der Waals surface area contributed by atoms with Crippen LogP contribution < -0.4 is 5.32 Å². The predicted octanol–water partition coefficient (Wildman–Crippen LogP) is 3.94. The van der Waals surface area contributed by atoms with Crippen LogP contribution in [-0.4, -0.2) is 42.0 Å². The van der Waals surface area contributed by atoms with Gasteiger partial charge in [-0.05, 0) is 42.0 Å². The number of carbonyl (C=O) groups is 2. The molecule has 0 spiro atoms. The Morgan fingerprint density at radius 2 is 1.72 bits per heavy atom. The Hall–Kier alpha value is -2.86. The predicted molar refractivity (Wildman–Crippen MR) is 108 cm³/mol. The van der Waals surface area contributed by atoms with E-state index in [1.54, 1.807) is 0 Å². The van der Waals surface area contributed by atoms with Gasteiger partial charge in [-0.1, -0.05) is 48.5 Å². The summed E-state index contributed by atoms with van der Waals surface area (Å²) in [6, 6.07) is 15.1. The minimum atomic E-state index is -1.08. The van der Waals surface area contributed by atoms with Crippen molar-refractivity contribution in [2.75, 3.05) is 6.61 Å². The van der Waals surface area contributed by atoms with E-state index in [0.29, 0.717) is 0 Å². The molecule has 0 radical (unpaired) electrons. The zero-order valence-corrected chi connectivity index (χ0v) is 16.3. The van der Waals surface area contributed by atoms with Crippen molar-refractivity contribution in [3.8, 4) is 11.1 Å². The molecule has 1 fully saturated rings. The fourth-order valence-corrected chi connectivity index (χ4v) is 4.33. The highest BCUT2D eigenvalue weighted by Gasteiger charge is 2.31. The number of fused-ring (bicyclic) bond motifs is 3. The second-order valence-electron chi connectivity index (χ2n) is 7.74. The van der Waals surface area contributed by atoms with E-state index in [0.717, 1.165) is 35.1 Å². The monoisotopic (exact) mass is 395 g/mol. The van der Waals surface area contributed by atoms with Crippen LogP contribution in [-0.2, 0) is 14.3 Å². The summed E-state index contributed by atoms with van der Waals surface area (Å²) in [6.45, 7) is 2.12. The molecule has 0 bridgehead atoms. The molecule has 2 N–H and O–H groups in total. The Balaban J connectivity index is 1.39. The summed E-state index contributed by atoms with van der Waals surface area (Å²) in [7, 11) is 0. The Kier molecular flexibility index (Phi) is 5.53. The molecule has 29 heavy (non-hydrogen) atoms. The first-order valence-electron chi connectivity index (χ1n) is 10.0. The molecule has 6 nitrogen and oxygen atoms in total. The Bertz CT molecular complexity index is 866. The fraction of sp³-hybridized carbons (Fsp3) is 0.391. The van der Waals surface area contributed by atoms with Gasteiger partial charge < -0.3 is 19.9 Å². The Morgan fingerprint density at radius 1 is 1.10 bits per heavy atom. The van der Waals surface area contributed by atoms with Crippen LogP contribution in [0.5, 0.6) is 0 Å². The molecule has 1 amide bonds. The number of carboxylic acids is 1. The van der Waals surface area contributed by atoms with E-state index in [2.05, 4.69) is 17.4 Å². The number of nitrogens with one attached hydrogen (secondary N) is 1. The molecule has 3 atom stereocenters. The van der Waals surface area contributed by atoms with Crippen LogP contribution in [0.4, 0.5) is 4.79 Å². The molecular weight excluding hydrogens is 370 g/mol. The molecule has 1 aliphatic heterocycles. The molecule has 0 saturated carbocycles. The normalized spacial score (nSPS) is 21.3. The van der Waals surface area contributed by atoms with Crippen molar-refractivity contribution in [2.45, 2.75) is 50.4 Å². The molecule has 1 saturated heterocycles. The summed E-state index contributed by atoms with van der Waals surface area (Å²) >= 11 is 0. The summed E-state index contributed by atoms with van der Waals surface area (Å²) in [5.41, 5.74) is 4.52. The minimum absolute atomic E-state index is 0.0598. The zero-order valence-electron chi connectivity index (χ0n) is 16.3. The van der Waals surface area contributed by atoms with Gasteiger partial charge in [0.15, 0.2) is 0 Å². The molecule has 1 aliphatic carbocycles. The van der Waals surface area contributed by atoms with E-state index in [-0.39, 0.29) is 31.2 Å². The molecule has 152 valence electrons. The molecule has 2 aliphatic rings. The molecule has 3 unspecified atom stereocenters. The van der Waals surface area contributed by atoms with Crippen molar-refractivity contribution in [2.24, 2.45) is 0 Å². The lowest BCUT2D eigenvalue weighted by molar-refractivity contribution is -0.140. The van der Waals surface area contributed by atoms with Crippen molar-refractivity contribution in [3.05, 3.63) is 59.7 Å². The first-order valence-corrected chi connectivity index (χ1v) is 10.0. The number of aliphatic carboxylic acids is 1. The Morgan fingerprint density at radius 3 is 2.28 bits per heavy atom. The van der Waals surface area contributed by atoms with E-state index in [9.17, 15) is 14.7 Å². The van der Waals surface area contributed by atoms with Crippen LogP contribution in [0.15, 0.2) is 48.5 Å². The third-order valence-electron chi connectivity index (χ3n) is 5.75. The van der Waals surface area contributed by atoms with Crippen LogP contribution >= 0.6 is 0 Å². The molecule has 1 heterocycles. The first-order chi connectivity index (χ1) is 14.0. The van der Waals surface area contributed by atoms with Gasteiger partial charge in [-0.3, -0.25) is 0 Å². The summed E-state index contributed by atoms with van der Waals surface area (Å²) in [5.74, 6) is -1.14. The maximum atomic E-state index is 12.3. The average Bonchev–Trinajstić information content (AvgIpc) is 3.27. The van der Waals surface area contributed by atoms with Crippen LogP contribution in [0.2, 0.25) is 0 Å². The van der Waals surface area contributed by atoms with Crippen molar-refractivity contribution in [1.29, 1.82) is 0 Å². The molecule has 4 rings (SSSR count). The highest BCUT2D eigenvalue weighted by molar-refractivity contribution is 5.81. The third kappa shape index (κ3) is 4.12. The van der Waals surface area contributed by atoms with E-state index in [1.807, 2.05) is 43.3 Å². The van der Waals surface area contributed by atoms with Crippen LogP contribution in [0, 0.1) is 0 Å². The third-order valence-corrected chi connectivity index (χ3v) is 5.75. The maximum absolute atomic E-state index is 12.3. The molecule has 2 aromatic rings. The van der Waals surface area contributed by atoms with Gasteiger partial charge in [0, 0.05) is 12.3 Å². The lowest BCUT2D eigenvalue weighted by Crippen LogP contribution is -2.43. The van der Waals surface area contributed by atoms with Crippen LogP contribution in [0.1, 0.15) is 43.2 Å². The molecule has 6 heteroatoms. The molecule has 0 aromatic heterocycles. The van der Waals surface area contributed by atoms with Gasteiger partial charge in [-0.2, -0.15) is 0 Å². The number of carboxylic acid groups (broad SMARTS) is 1. The second kappa shape index (κ2) is 8.25. The number of amides is 1. The van der Waals surface area contributed by atoms with Gasteiger partial charge in [-0.25, -0.2) is 9.59 Å². The second-order valence-corrected chi connectivity index (χ2v) is 7.74. The number of carbonyl (C=O) groups excluding carboxylic acids is 1. The SMILES string of the molecule is CC1CCC(CC(NC(=O)OCC2c3ccccc3-c3ccccc32)C(=O)O)O1. The number of benzene rings is 2.